The van der Waals surface area contributed by atoms with E-state index in [1.165, 1.54) is 5.56 Å². The number of aliphatic imine (C=N–C) groups is 1. The first kappa shape index (κ1) is 15.6. The van der Waals surface area contributed by atoms with Crippen LogP contribution in [0, 0.1) is 0 Å². The molecule has 2 rings (SSSR count). The third-order valence-electron chi connectivity index (χ3n) is 3.76. The van der Waals surface area contributed by atoms with Gasteiger partial charge in [0.1, 0.15) is 11.9 Å². The Bertz CT molecular complexity index is 450. The van der Waals surface area contributed by atoms with Gasteiger partial charge in [-0.1, -0.05) is 25.1 Å². The van der Waals surface area contributed by atoms with Gasteiger partial charge >= 0.3 is 0 Å². The van der Waals surface area contributed by atoms with Crippen molar-refractivity contribution in [3.05, 3.63) is 29.8 Å². The molecule has 5 heteroatoms. The second-order valence-electron chi connectivity index (χ2n) is 5.33. The minimum absolute atomic E-state index is 0.180. The number of guanidine groups is 1. The summed E-state index contributed by atoms with van der Waals surface area (Å²) in [6, 6.07) is 8.23. The molecule has 0 radical (unpaired) electrons. The van der Waals surface area contributed by atoms with Crippen molar-refractivity contribution in [1.29, 1.82) is 0 Å². The number of rotatable bonds is 6. The Morgan fingerprint density at radius 3 is 2.90 bits per heavy atom. The lowest BCUT2D eigenvalue weighted by atomic mass is 10.1. The molecule has 1 aromatic carbocycles. The fourth-order valence-corrected chi connectivity index (χ4v) is 2.32. The summed E-state index contributed by atoms with van der Waals surface area (Å²) < 4.78 is 5.91. The zero-order chi connectivity index (χ0) is 15.1. The molecule has 0 aliphatic carbocycles. The molecular formula is C16H26N4O. The number of para-hydroxylation sites is 1. The molecular weight excluding hydrogens is 264 g/mol. The average molecular weight is 290 g/mol. The van der Waals surface area contributed by atoms with Crippen molar-refractivity contribution in [2.45, 2.75) is 19.4 Å². The molecule has 0 spiro atoms. The first-order valence-electron chi connectivity index (χ1n) is 7.60. The molecule has 0 amide bonds. The summed E-state index contributed by atoms with van der Waals surface area (Å²) in [5.74, 6) is 1.84. The van der Waals surface area contributed by atoms with Crippen LogP contribution in [-0.4, -0.2) is 57.2 Å². The molecule has 1 aromatic rings. The summed E-state index contributed by atoms with van der Waals surface area (Å²) in [6.45, 7) is 5.86. The van der Waals surface area contributed by atoms with E-state index in [9.17, 15) is 0 Å². The largest absolute Gasteiger partial charge is 0.488 e. The topological polar surface area (TPSA) is 48.9 Å². The van der Waals surface area contributed by atoms with Gasteiger partial charge in [-0.25, -0.2) is 0 Å². The molecule has 1 atom stereocenters. The maximum atomic E-state index is 5.91. The smallest absolute Gasteiger partial charge is 0.191 e. The summed E-state index contributed by atoms with van der Waals surface area (Å²) >= 11 is 0. The van der Waals surface area contributed by atoms with Gasteiger partial charge < -0.3 is 20.3 Å². The van der Waals surface area contributed by atoms with Crippen molar-refractivity contribution in [3.8, 4) is 5.75 Å². The molecule has 116 valence electrons. The van der Waals surface area contributed by atoms with Crippen molar-refractivity contribution in [2.75, 3.05) is 40.3 Å². The van der Waals surface area contributed by atoms with E-state index < -0.39 is 0 Å². The van der Waals surface area contributed by atoms with Crippen LogP contribution in [0.3, 0.4) is 0 Å². The maximum absolute atomic E-state index is 5.91. The highest BCUT2D eigenvalue weighted by Crippen LogP contribution is 2.27. The lowest BCUT2D eigenvalue weighted by Crippen LogP contribution is -2.44. The van der Waals surface area contributed by atoms with Gasteiger partial charge in [-0.2, -0.15) is 0 Å². The van der Waals surface area contributed by atoms with Crippen LogP contribution >= 0.6 is 0 Å². The van der Waals surface area contributed by atoms with Crippen LogP contribution in [0.15, 0.2) is 29.3 Å². The summed E-state index contributed by atoms with van der Waals surface area (Å²) in [6.07, 6.45) is 1.14. The normalized spacial score (nSPS) is 17.5. The molecule has 5 nitrogen and oxygen atoms in total. The van der Waals surface area contributed by atoms with Gasteiger partial charge in [0.15, 0.2) is 5.96 Å². The minimum atomic E-state index is 0.180. The van der Waals surface area contributed by atoms with Crippen molar-refractivity contribution < 1.29 is 4.74 Å². The number of nitrogens with zero attached hydrogens (tertiary/aromatic N) is 2. The summed E-state index contributed by atoms with van der Waals surface area (Å²) in [5, 5.41) is 6.65. The van der Waals surface area contributed by atoms with Crippen molar-refractivity contribution >= 4 is 5.96 Å². The predicted molar refractivity (Wildman–Crippen MR) is 87.1 cm³/mol. The van der Waals surface area contributed by atoms with Crippen molar-refractivity contribution in [1.82, 2.24) is 15.5 Å². The molecule has 1 heterocycles. The molecule has 1 unspecified atom stereocenters. The molecule has 0 saturated heterocycles. The Morgan fingerprint density at radius 1 is 1.38 bits per heavy atom. The van der Waals surface area contributed by atoms with Crippen molar-refractivity contribution in [2.24, 2.45) is 4.99 Å². The molecule has 0 fully saturated rings. The number of benzene rings is 1. The average Bonchev–Trinajstić information content (AvgIpc) is 2.93. The third-order valence-corrected chi connectivity index (χ3v) is 3.76. The Balaban J connectivity index is 1.70. The van der Waals surface area contributed by atoms with Crippen LogP contribution in [0.25, 0.3) is 0 Å². The zero-order valence-electron chi connectivity index (χ0n) is 13.2. The highest BCUT2D eigenvalue weighted by atomic mass is 16.5. The molecule has 2 N–H and O–H groups in total. The number of hydrogen-bond donors (Lipinski definition) is 2. The minimum Gasteiger partial charge on any atom is -0.488 e. The van der Waals surface area contributed by atoms with Crippen LogP contribution in [0.1, 0.15) is 12.5 Å². The lowest BCUT2D eigenvalue weighted by molar-refractivity contribution is 0.235. The Morgan fingerprint density at radius 2 is 2.19 bits per heavy atom. The first-order chi connectivity index (χ1) is 10.2. The number of nitrogens with one attached hydrogen (secondary N) is 2. The number of ether oxygens (including phenoxy) is 1. The highest BCUT2D eigenvalue weighted by molar-refractivity contribution is 5.79. The SMILES string of the molecule is CCN(C)CCNC(=NC)NCC1Cc2ccccc2O1. The van der Waals surface area contributed by atoms with Crippen LogP contribution in [0.4, 0.5) is 0 Å². The molecule has 21 heavy (non-hydrogen) atoms. The predicted octanol–water partition coefficient (Wildman–Crippen LogP) is 1.11. The van der Waals surface area contributed by atoms with Gasteiger partial charge in [0, 0.05) is 26.6 Å². The van der Waals surface area contributed by atoms with E-state index in [2.05, 4.69) is 46.6 Å². The summed E-state index contributed by atoms with van der Waals surface area (Å²) in [4.78, 5) is 6.50. The van der Waals surface area contributed by atoms with Gasteiger partial charge in [0.05, 0.1) is 6.54 Å². The number of likely N-dealkylation sites (N-methyl/N-ethyl adjacent to an activating group) is 1. The maximum Gasteiger partial charge on any atom is 0.191 e. The zero-order valence-corrected chi connectivity index (χ0v) is 13.2. The Hall–Kier alpha value is -1.75. The first-order valence-corrected chi connectivity index (χ1v) is 7.60. The molecule has 0 aromatic heterocycles. The lowest BCUT2D eigenvalue weighted by Gasteiger charge is -2.18. The second kappa shape index (κ2) is 7.88. The molecule has 1 aliphatic rings. The van der Waals surface area contributed by atoms with Crippen molar-refractivity contribution in [3.63, 3.8) is 0 Å². The van der Waals surface area contributed by atoms with E-state index in [4.69, 9.17) is 4.74 Å². The van der Waals surface area contributed by atoms with E-state index in [-0.39, 0.29) is 6.10 Å². The summed E-state index contributed by atoms with van der Waals surface area (Å²) in [5.41, 5.74) is 1.29. The fourth-order valence-electron chi connectivity index (χ4n) is 2.32. The van der Waals surface area contributed by atoms with Crippen LogP contribution < -0.4 is 15.4 Å². The van der Waals surface area contributed by atoms with Crippen LogP contribution in [-0.2, 0) is 6.42 Å². The van der Waals surface area contributed by atoms with Crippen LogP contribution in [0.2, 0.25) is 0 Å². The Labute approximate surface area is 127 Å². The quantitative estimate of drug-likeness (QED) is 0.609. The van der Waals surface area contributed by atoms with Gasteiger partial charge in [0.2, 0.25) is 0 Å². The molecule has 0 saturated carbocycles. The number of fused-ring (bicyclic) bond motifs is 1. The molecule has 1 aliphatic heterocycles. The third kappa shape index (κ3) is 4.63. The fraction of sp³-hybridized carbons (Fsp3) is 0.562. The number of hydrogen-bond acceptors (Lipinski definition) is 3. The highest BCUT2D eigenvalue weighted by Gasteiger charge is 2.22. The van der Waals surface area contributed by atoms with E-state index in [1.807, 2.05) is 12.1 Å². The van der Waals surface area contributed by atoms with E-state index >= 15 is 0 Å². The van der Waals surface area contributed by atoms with Gasteiger partial charge in [-0.15, -0.1) is 0 Å². The van der Waals surface area contributed by atoms with Crippen LogP contribution in [0.5, 0.6) is 5.75 Å². The van der Waals surface area contributed by atoms with E-state index in [1.54, 1.807) is 7.05 Å². The monoisotopic (exact) mass is 290 g/mol. The van der Waals surface area contributed by atoms with Gasteiger partial charge in [-0.05, 0) is 25.2 Å². The van der Waals surface area contributed by atoms with Gasteiger partial charge in [-0.3, -0.25) is 4.99 Å². The standard InChI is InChI=1S/C16H26N4O/c1-4-20(3)10-9-18-16(17-2)19-12-14-11-13-7-5-6-8-15(13)21-14/h5-8,14H,4,9-12H2,1-3H3,(H2,17,18,19). The second-order valence-corrected chi connectivity index (χ2v) is 5.33. The summed E-state index contributed by atoms with van der Waals surface area (Å²) in [7, 11) is 3.91. The molecule has 0 bridgehead atoms. The Kier molecular flexibility index (Phi) is 5.87. The van der Waals surface area contributed by atoms with E-state index in [0.717, 1.165) is 44.3 Å². The van der Waals surface area contributed by atoms with Gasteiger partial charge in [0.25, 0.3) is 0 Å². The van der Waals surface area contributed by atoms with E-state index in [0.29, 0.717) is 0 Å².